The zero-order valence-electron chi connectivity index (χ0n) is 17.0. The lowest BCUT2D eigenvalue weighted by molar-refractivity contribution is 0.315. The second-order valence-electron chi connectivity index (χ2n) is 6.84. The van der Waals surface area contributed by atoms with Crippen LogP contribution in [0.15, 0.2) is 39.9 Å². The maximum absolute atomic E-state index is 13.1. The summed E-state index contributed by atoms with van der Waals surface area (Å²) in [4.78, 5) is 32.6. The normalized spacial score (nSPS) is 11.5. The van der Waals surface area contributed by atoms with Gasteiger partial charge in [-0.1, -0.05) is 44.2 Å². The van der Waals surface area contributed by atoms with Crippen LogP contribution in [0, 0.1) is 0 Å². The molecule has 150 valence electrons. The predicted octanol–water partition coefficient (Wildman–Crippen LogP) is 1.24. The molecule has 8 nitrogen and oxygen atoms in total. The van der Waals surface area contributed by atoms with Gasteiger partial charge >= 0.3 is 5.69 Å². The van der Waals surface area contributed by atoms with E-state index in [1.165, 1.54) is 9.13 Å². The van der Waals surface area contributed by atoms with Crippen LogP contribution in [-0.4, -0.2) is 49.8 Å². The summed E-state index contributed by atoms with van der Waals surface area (Å²) in [5.41, 5.74) is 1.03. The van der Waals surface area contributed by atoms with Crippen molar-refractivity contribution >= 4 is 17.1 Å². The number of likely N-dealkylation sites (N-methyl/N-ethyl adjacent to an activating group) is 1. The van der Waals surface area contributed by atoms with Crippen molar-refractivity contribution in [3.63, 3.8) is 0 Å². The average Bonchev–Trinajstić information content (AvgIpc) is 3.04. The molecule has 0 spiro atoms. The number of imidazole rings is 1. The number of hydrogen-bond donors (Lipinski definition) is 1. The molecule has 0 bridgehead atoms. The van der Waals surface area contributed by atoms with Gasteiger partial charge in [0.15, 0.2) is 11.2 Å². The number of aryl methyl sites for hydroxylation is 2. The number of rotatable bonds is 8. The van der Waals surface area contributed by atoms with Crippen LogP contribution in [0.4, 0.5) is 5.95 Å². The first-order chi connectivity index (χ1) is 13.5. The summed E-state index contributed by atoms with van der Waals surface area (Å²) >= 11 is 0. The van der Waals surface area contributed by atoms with Gasteiger partial charge in [0.2, 0.25) is 5.95 Å². The van der Waals surface area contributed by atoms with Gasteiger partial charge in [0.05, 0.1) is 6.54 Å². The van der Waals surface area contributed by atoms with E-state index in [4.69, 9.17) is 0 Å². The molecule has 2 aromatic heterocycles. The molecule has 28 heavy (non-hydrogen) atoms. The molecule has 1 aromatic carbocycles. The number of hydrogen-bond acceptors (Lipinski definition) is 5. The molecule has 0 radical (unpaired) electrons. The third-order valence-electron chi connectivity index (χ3n) is 5.15. The summed E-state index contributed by atoms with van der Waals surface area (Å²) < 4.78 is 4.44. The Morgan fingerprint density at radius 2 is 1.71 bits per heavy atom. The van der Waals surface area contributed by atoms with E-state index < -0.39 is 0 Å². The third-order valence-corrected chi connectivity index (χ3v) is 5.15. The summed E-state index contributed by atoms with van der Waals surface area (Å²) in [5.74, 6) is 0.590. The Labute approximate surface area is 164 Å². The first-order valence-electron chi connectivity index (χ1n) is 9.64. The van der Waals surface area contributed by atoms with Crippen molar-refractivity contribution in [2.45, 2.75) is 20.4 Å². The van der Waals surface area contributed by atoms with Crippen LogP contribution in [0.1, 0.15) is 19.4 Å². The van der Waals surface area contributed by atoms with Gasteiger partial charge in [-0.3, -0.25) is 13.9 Å². The average molecular weight is 384 g/mol. The number of nitrogens with one attached hydrogen (secondary N) is 1. The summed E-state index contributed by atoms with van der Waals surface area (Å²) in [6, 6.07) is 9.50. The fraction of sp³-hybridized carbons (Fsp3) is 0.450. The molecule has 0 saturated heterocycles. The Bertz CT molecular complexity index is 1060. The molecule has 0 aliphatic rings. The Kier molecular flexibility index (Phi) is 5.99. The van der Waals surface area contributed by atoms with Gasteiger partial charge in [-0.25, -0.2) is 4.79 Å². The molecule has 0 atom stereocenters. The highest BCUT2D eigenvalue weighted by atomic mass is 16.2. The van der Waals surface area contributed by atoms with Crippen LogP contribution in [0.2, 0.25) is 0 Å². The van der Waals surface area contributed by atoms with Gasteiger partial charge in [0.25, 0.3) is 5.56 Å². The number of aromatic nitrogens is 4. The number of benzene rings is 1. The maximum Gasteiger partial charge on any atom is 0.332 e. The maximum atomic E-state index is 13.1. The first-order valence-corrected chi connectivity index (χ1v) is 9.64. The molecule has 2 heterocycles. The minimum absolute atomic E-state index is 0.234. The molecule has 1 N–H and O–H groups in total. The van der Waals surface area contributed by atoms with E-state index in [2.05, 4.69) is 29.0 Å². The van der Waals surface area contributed by atoms with Gasteiger partial charge in [0, 0.05) is 27.2 Å². The van der Waals surface area contributed by atoms with Crippen molar-refractivity contribution in [1.29, 1.82) is 0 Å². The van der Waals surface area contributed by atoms with Crippen LogP contribution in [0.5, 0.6) is 0 Å². The van der Waals surface area contributed by atoms with E-state index in [0.29, 0.717) is 23.7 Å². The fourth-order valence-electron chi connectivity index (χ4n) is 3.37. The minimum atomic E-state index is -0.367. The summed E-state index contributed by atoms with van der Waals surface area (Å²) in [6.07, 6.45) is 0. The molecular formula is C20H28N6O2. The zero-order chi connectivity index (χ0) is 20.3. The molecule has 0 amide bonds. The van der Waals surface area contributed by atoms with Gasteiger partial charge in [-0.15, -0.1) is 0 Å². The van der Waals surface area contributed by atoms with Crippen molar-refractivity contribution in [2.24, 2.45) is 14.1 Å². The van der Waals surface area contributed by atoms with Crippen molar-refractivity contribution < 1.29 is 0 Å². The molecule has 3 rings (SSSR count). The van der Waals surface area contributed by atoms with E-state index in [0.717, 1.165) is 25.2 Å². The quantitative estimate of drug-likeness (QED) is 0.632. The molecule has 3 aromatic rings. The number of fused-ring (bicyclic) bond motifs is 1. The smallest absolute Gasteiger partial charge is 0.332 e. The van der Waals surface area contributed by atoms with E-state index >= 15 is 0 Å². The predicted molar refractivity (Wildman–Crippen MR) is 112 cm³/mol. The van der Waals surface area contributed by atoms with Gasteiger partial charge in [-0.05, 0) is 18.7 Å². The van der Waals surface area contributed by atoms with Crippen molar-refractivity contribution in [3.05, 3.63) is 56.7 Å². The third kappa shape index (κ3) is 3.73. The zero-order valence-corrected chi connectivity index (χ0v) is 17.0. The minimum Gasteiger partial charge on any atom is -0.354 e. The largest absolute Gasteiger partial charge is 0.354 e. The molecule has 0 aliphatic heterocycles. The second kappa shape index (κ2) is 8.43. The Balaban J connectivity index is 1.97. The lowest BCUT2D eigenvalue weighted by Crippen LogP contribution is -2.39. The number of anilines is 1. The SMILES string of the molecule is CCN(CC)CCNc1nc2c(c(=O)n(Cc3ccccc3)c(=O)n2C)n1C. The standard InChI is InChI=1S/C20H28N6O2/c1-5-25(6-2)13-12-21-19-22-17-16(23(19)3)18(27)26(20(28)24(17)4)14-15-10-8-7-9-11-15/h7-11H,5-6,12-14H2,1-4H3,(H,21,22). The highest BCUT2D eigenvalue weighted by molar-refractivity contribution is 5.74. The van der Waals surface area contributed by atoms with Crippen LogP contribution >= 0.6 is 0 Å². The fourth-order valence-corrected chi connectivity index (χ4v) is 3.37. The van der Waals surface area contributed by atoms with Gasteiger partial charge in [-0.2, -0.15) is 4.98 Å². The van der Waals surface area contributed by atoms with Gasteiger partial charge in [0.1, 0.15) is 0 Å². The molecule has 0 unspecified atom stereocenters. The van der Waals surface area contributed by atoms with Crippen LogP contribution in [0.3, 0.4) is 0 Å². The van der Waals surface area contributed by atoms with Gasteiger partial charge < -0.3 is 14.8 Å². The van der Waals surface area contributed by atoms with Crippen LogP contribution < -0.4 is 16.6 Å². The highest BCUT2D eigenvalue weighted by Gasteiger charge is 2.18. The molecule has 0 saturated carbocycles. The monoisotopic (exact) mass is 384 g/mol. The molecule has 0 aliphatic carbocycles. The molecule has 8 heteroatoms. The summed E-state index contributed by atoms with van der Waals surface area (Å²) in [5, 5.41) is 3.29. The Hall–Kier alpha value is -2.87. The van der Waals surface area contributed by atoms with Crippen LogP contribution in [-0.2, 0) is 20.6 Å². The van der Waals surface area contributed by atoms with E-state index in [1.807, 2.05) is 30.3 Å². The Morgan fingerprint density at radius 1 is 1.04 bits per heavy atom. The van der Waals surface area contributed by atoms with E-state index in [1.54, 1.807) is 18.7 Å². The van der Waals surface area contributed by atoms with Crippen molar-refractivity contribution in [1.82, 2.24) is 23.6 Å². The Morgan fingerprint density at radius 3 is 2.36 bits per heavy atom. The second-order valence-corrected chi connectivity index (χ2v) is 6.84. The lowest BCUT2D eigenvalue weighted by atomic mass is 10.2. The van der Waals surface area contributed by atoms with Crippen molar-refractivity contribution in [3.8, 4) is 0 Å². The van der Waals surface area contributed by atoms with E-state index in [9.17, 15) is 9.59 Å². The highest BCUT2D eigenvalue weighted by Crippen LogP contribution is 2.13. The summed E-state index contributed by atoms with van der Waals surface area (Å²) in [6.45, 7) is 8.06. The number of nitrogens with zero attached hydrogens (tertiary/aromatic N) is 5. The molecule has 0 fully saturated rings. The van der Waals surface area contributed by atoms with Crippen LogP contribution in [0.25, 0.3) is 11.2 Å². The topological polar surface area (TPSA) is 77.1 Å². The molecular weight excluding hydrogens is 356 g/mol. The summed E-state index contributed by atoms with van der Waals surface area (Å²) in [7, 11) is 3.45. The first kappa shape index (κ1) is 19.9. The van der Waals surface area contributed by atoms with E-state index in [-0.39, 0.29) is 17.8 Å². The lowest BCUT2D eigenvalue weighted by Gasteiger charge is -2.18. The van der Waals surface area contributed by atoms with Crippen molar-refractivity contribution in [2.75, 3.05) is 31.5 Å².